The third-order valence-electron chi connectivity index (χ3n) is 3.28. The molecule has 0 radical (unpaired) electrons. The maximum atomic E-state index is 12.2. The van der Waals surface area contributed by atoms with Gasteiger partial charge in [-0.3, -0.25) is 0 Å². The Morgan fingerprint density at radius 1 is 1.53 bits per heavy atom. The molecule has 0 saturated carbocycles. The Morgan fingerprint density at radius 3 is 2.68 bits per heavy atom. The van der Waals surface area contributed by atoms with Crippen LogP contribution in [0.4, 0.5) is 0 Å². The van der Waals surface area contributed by atoms with Crippen molar-refractivity contribution in [3.05, 3.63) is 14.9 Å². The number of thiophene rings is 1. The van der Waals surface area contributed by atoms with E-state index < -0.39 is 10.0 Å². The van der Waals surface area contributed by atoms with Crippen LogP contribution >= 0.6 is 38.9 Å². The Kier molecular flexibility index (Phi) is 4.96. The molecule has 1 fully saturated rings. The molecule has 1 aromatic rings. The van der Waals surface area contributed by atoms with Crippen LogP contribution in [0.15, 0.2) is 14.1 Å². The monoisotopic (exact) mass is 387 g/mol. The Hall–Kier alpha value is 0.340. The van der Waals surface area contributed by atoms with Gasteiger partial charge in [0.05, 0.1) is 8.81 Å². The second-order valence-electron chi connectivity index (χ2n) is 4.93. The third kappa shape index (κ3) is 3.92. The summed E-state index contributed by atoms with van der Waals surface area (Å²) in [6.45, 7) is 3.88. The van der Waals surface area contributed by atoms with Crippen molar-refractivity contribution in [2.45, 2.75) is 24.0 Å². The zero-order chi connectivity index (χ0) is 14.1. The van der Waals surface area contributed by atoms with E-state index in [1.54, 1.807) is 0 Å². The van der Waals surface area contributed by atoms with Crippen LogP contribution in [0, 0.1) is 5.41 Å². The lowest BCUT2D eigenvalue weighted by molar-refractivity contribution is 0.0265. The topological polar surface area (TPSA) is 55.4 Å². The first-order valence-corrected chi connectivity index (χ1v) is 9.32. The van der Waals surface area contributed by atoms with Gasteiger partial charge < -0.3 is 4.74 Å². The predicted octanol–water partition coefficient (Wildman–Crippen LogP) is 3.26. The van der Waals surface area contributed by atoms with Gasteiger partial charge in [0.15, 0.2) is 0 Å². The lowest BCUT2D eigenvalue weighted by Crippen LogP contribution is -2.39. The van der Waals surface area contributed by atoms with Crippen LogP contribution in [-0.4, -0.2) is 28.2 Å². The number of ether oxygens (including phenoxy) is 1. The molecule has 0 unspecified atom stereocenters. The molecule has 1 aliphatic heterocycles. The lowest BCUT2D eigenvalue weighted by Gasteiger charge is -2.33. The molecule has 0 atom stereocenters. The fraction of sp³-hybridized carbons (Fsp3) is 0.636. The summed E-state index contributed by atoms with van der Waals surface area (Å²) in [5.41, 5.74) is -0.0381. The van der Waals surface area contributed by atoms with Crippen molar-refractivity contribution in [2.75, 3.05) is 19.8 Å². The highest BCUT2D eigenvalue weighted by Gasteiger charge is 2.30. The van der Waals surface area contributed by atoms with Gasteiger partial charge in [-0.25, -0.2) is 13.1 Å². The summed E-state index contributed by atoms with van der Waals surface area (Å²) in [6.07, 6.45) is 1.73. The predicted molar refractivity (Wildman–Crippen MR) is 80.4 cm³/mol. The lowest BCUT2D eigenvalue weighted by atomic mass is 9.83. The van der Waals surface area contributed by atoms with E-state index in [1.165, 1.54) is 6.07 Å². The molecular formula is C11H15BrClNO3S2. The smallest absolute Gasteiger partial charge is 0.250 e. The maximum absolute atomic E-state index is 12.2. The van der Waals surface area contributed by atoms with Crippen LogP contribution in [0.25, 0.3) is 0 Å². The van der Waals surface area contributed by atoms with Crippen LogP contribution in [0.5, 0.6) is 0 Å². The fourth-order valence-electron chi connectivity index (χ4n) is 1.84. The van der Waals surface area contributed by atoms with Crippen molar-refractivity contribution < 1.29 is 13.2 Å². The average molecular weight is 389 g/mol. The van der Waals surface area contributed by atoms with Gasteiger partial charge in [0.2, 0.25) is 10.0 Å². The van der Waals surface area contributed by atoms with E-state index in [0.29, 0.717) is 28.6 Å². The highest BCUT2D eigenvalue weighted by atomic mass is 79.9. The number of nitrogens with one attached hydrogen (secondary N) is 1. The van der Waals surface area contributed by atoms with Crippen LogP contribution in [-0.2, 0) is 14.8 Å². The molecule has 0 aliphatic carbocycles. The normalized spacial score (nSPS) is 19.5. The highest BCUT2D eigenvalue weighted by molar-refractivity contribution is 9.11. The summed E-state index contributed by atoms with van der Waals surface area (Å²) in [7, 11) is -3.49. The number of hydrogen-bond acceptors (Lipinski definition) is 4. The molecule has 8 heteroatoms. The van der Waals surface area contributed by atoms with E-state index >= 15 is 0 Å². The average Bonchev–Trinajstić information content (AvgIpc) is 2.69. The minimum Gasteiger partial charge on any atom is -0.381 e. The summed E-state index contributed by atoms with van der Waals surface area (Å²) in [6, 6.07) is 1.46. The number of sulfonamides is 1. The third-order valence-corrected chi connectivity index (χ3v) is 7.63. The standard InChI is InChI=1S/C11H15BrClNO3S2/c1-11(2-4-17-5-3-11)7-14-19(15,16)9-6-8(13)10(12)18-9/h6,14H,2-5,7H2,1H3. The molecule has 2 heterocycles. The van der Waals surface area contributed by atoms with Gasteiger partial charge in [0.25, 0.3) is 0 Å². The summed E-state index contributed by atoms with van der Waals surface area (Å²) in [5.74, 6) is 0. The number of halogens is 2. The Labute approximate surface area is 130 Å². The number of hydrogen-bond donors (Lipinski definition) is 1. The molecule has 4 nitrogen and oxygen atoms in total. The van der Waals surface area contributed by atoms with E-state index in [2.05, 4.69) is 27.6 Å². The summed E-state index contributed by atoms with van der Waals surface area (Å²) >= 11 is 10.2. The van der Waals surface area contributed by atoms with E-state index in [4.69, 9.17) is 16.3 Å². The van der Waals surface area contributed by atoms with Crippen molar-refractivity contribution >= 4 is 48.9 Å². The molecule has 0 amide bonds. The Balaban J connectivity index is 2.05. The minimum absolute atomic E-state index is 0.0381. The van der Waals surface area contributed by atoms with E-state index in [9.17, 15) is 8.42 Å². The molecule has 1 aliphatic rings. The van der Waals surface area contributed by atoms with Gasteiger partial charge in [-0.2, -0.15) is 0 Å². The van der Waals surface area contributed by atoms with Crippen LogP contribution < -0.4 is 4.72 Å². The van der Waals surface area contributed by atoms with Crippen molar-refractivity contribution in [1.29, 1.82) is 0 Å². The summed E-state index contributed by atoms with van der Waals surface area (Å²) in [5, 5.41) is 0.419. The molecule has 2 rings (SSSR count). The number of rotatable bonds is 4. The first-order valence-electron chi connectivity index (χ1n) is 5.85. The molecular weight excluding hydrogens is 374 g/mol. The molecule has 1 saturated heterocycles. The van der Waals surface area contributed by atoms with Gasteiger partial charge in [-0.15, -0.1) is 11.3 Å². The summed E-state index contributed by atoms with van der Waals surface area (Å²) < 4.78 is 33.2. The highest BCUT2D eigenvalue weighted by Crippen LogP contribution is 2.35. The molecule has 19 heavy (non-hydrogen) atoms. The molecule has 0 bridgehead atoms. The molecule has 0 spiro atoms. The second-order valence-corrected chi connectivity index (χ2v) is 9.71. The van der Waals surface area contributed by atoms with Crippen LogP contribution in [0.2, 0.25) is 5.02 Å². The fourth-order valence-corrected chi connectivity index (χ4v) is 5.48. The molecule has 1 aromatic heterocycles. The van der Waals surface area contributed by atoms with E-state index in [0.717, 1.165) is 24.2 Å². The summed E-state index contributed by atoms with van der Waals surface area (Å²) in [4.78, 5) is 0. The van der Waals surface area contributed by atoms with Gasteiger partial charge in [-0.1, -0.05) is 18.5 Å². The minimum atomic E-state index is -3.49. The Morgan fingerprint density at radius 2 is 2.16 bits per heavy atom. The Bertz CT molecular complexity index is 533. The van der Waals surface area contributed by atoms with E-state index in [1.807, 2.05) is 0 Å². The van der Waals surface area contributed by atoms with Crippen molar-refractivity contribution in [3.63, 3.8) is 0 Å². The first kappa shape index (κ1) is 15.7. The largest absolute Gasteiger partial charge is 0.381 e. The zero-order valence-electron chi connectivity index (χ0n) is 10.4. The van der Waals surface area contributed by atoms with Crippen LogP contribution in [0.1, 0.15) is 19.8 Å². The maximum Gasteiger partial charge on any atom is 0.250 e. The van der Waals surface area contributed by atoms with E-state index in [-0.39, 0.29) is 9.62 Å². The van der Waals surface area contributed by atoms with Crippen molar-refractivity contribution in [2.24, 2.45) is 5.41 Å². The zero-order valence-corrected chi connectivity index (χ0v) is 14.4. The van der Waals surface area contributed by atoms with Gasteiger partial charge in [0.1, 0.15) is 4.21 Å². The molecule has 1 N–H and O–H groups in total. The first-order chi connectivity index (χ1) is 8.82. The van der Waals surface area contributed by atoms with Crippen molar-refractivity contribution in [3.8, 4) is 0 Å². The second kappa shape index (κ2) is 5.99. The van der Waals surface area contributed by atoms with Gasteiger partial charge in [-0.05, 0) is 40.3 Å². The SMILES string of the molecule is CC1(CNS(=O)(=O)c2cc(Cl)c(Br)s2)CCOCC1. The van der Waals surface area contributed by atoms with Crippen molar-refractivity contribution in [1.82, 2.24) is 4.72 Å². The van der Waals surface area contributed by atoms with Gasteiger partial charge >= 0.3 is 0 Å². The quantitative estimate of drug-likeness (QED) is 0.861. The van der Waals surface area contributed by atoms with Gasteiger partial charge in [0, 0.05) is 19.8 Å². The van der Waals surface area contributed by atoms with Crippen LogP contribution in [0.3, 0.4) is 0 Å². The molecule has 0 aromatic carbocycles. The molecule has 108 valence electrons.